The van der Waals surface area contributed by atoms with Crippen LogP contribution < -0.4 is 53.7 Å². The van der Waals surface area contributed by atoms with E-state index >= 15 is 0 Å². The maximum Gasteiger partial charge on any atom is 2.00 e. The monoisotopic (exact) mass is 1620 g/mol. The van der Waals surface area contributed by atoms with Crippen LogP contribution in [0.1, 0.15) is 158 Å². The maximum atomic E-state index is 11.5. The summed E-state index contributed by atoms with van der Waals surface area (Å²) in [7, 11) is 4.20. The molecule has 572 valence electrons. The van der Waals surface area contributed by atoms with Crippen molar-refractivity contribution in [2.75, 3.05) is 47.7 Å². The molecule has 1 aromatic carbocycles. The van der Waals surface area contributed by atoms with Crippen molar-refractivity contribution in [3.8, 4) is 17.9 Å². The summed E-state index contributed by atoms with van der Waals surface area (Å²) < 4.78 is 67.2. The van der Waals surface area contributed by atoms with Gasteiger partial charge in [0.25, 0.3) is 12.1 Å². The van der Waals surface area contributed by atoms with Gasteiger partial charge < -0.3 is 96.4 Å². The minimum absolute atomic E-state index is 0. The fraction of sp³-hybridized carbons (Fsp3) is 0.415. The molecule has 0 fully saturated rings. The van der Waals surface area contributed by atoms with Crippen LogP contribution in [0.2, 0.25) is 0 Å². The molecular weight excluding hydrogens is 1530 g/mol. The van der Waals surface area contributed by atoms with Gasteiger partial charge in [-0.25, -0.2) is 20.1 Å². The predicted octanol–water partition coefficient (Wildman–Crippen LogP) is 3.58. The van der Waals surface area contributed by atoms with E-state index in [0.717, 1.165) is 17.3 Å². The molecule has 1 amide bonds. The van der Waals surface area contributed by atoms with E-state index in [4.69, 9.17) is 34.5 Å². The third kappa shape index (κ3) is 57.8. The molecule has 0 bridgehead atoms. The zero-order chi connectivity index (χ0) is 74.7. The van der Waals surface area contributed by atoms with Gasteiger partial charge in [-0.15, -0.1) is 12.4 Å². The number of rotatable bonds is 19. The van der Waals surface area contributed by atoms with E-state index in [-0.39, 0.29) is 141 Å². The van der Waals surface area contributed by atoms with Gasteiger partial charge in [0.1, 0.15) is 73.4 Å². The number of ether oxygens (including phenoxy) is 3. The Labute approximate surface area is 666 Å². The van der Waals surface area contributed by atoms with Crippen molar-refractivity contribution in [3.05, 3.63) is 181 Å². The summed E-state index contributed by atoms with van der Waals surface area (Å²) >= 11 is 3.21. The van der Waals surface area contributed by atoms with Gasteiger partial charge in [-0.2, -0.15) is 24.4 Å². The summed E-state index contributed by atoms with van der Waals surface area (Å²) in [5.41, 5.74) is 6.85. The van der Waals surface area contributed by atoms with Crippen LogP contribution in [-0.2, 0) is 66.0 Å². The van der Waals surface area contributed by atoms with E-state index in [2.05, 4.69) is 108 Å². The van der Waals surface area contributed by atoms with Gasteiger partial charge in [0.05, 0.1) is 105 Å². The molecular formula is C65H91BrCl3LiMgN12O21P+. The molecule has 105 heavy (non-hydrogen) atoms. The Bertz CT molecular complexity index is 3420. The Morgan fingerprint density at radius 1 is 0.686 bits per heavy atom. The number of hydroxylamine groups is 3. The second kappa shape index (κ2) is 72.8. The number of aldehydes is 1. The topological polar surface area (TPSA) is 449 Å². The van der Waals surface area contributed by atoms with E-state index in [1.807, 2.05) is 44.5 Å². The Hall–Kier alpha value is -8.12. The van der Waals surface area contributed by atoms with E-state index < -0.39 is 25.6 Å². The first-order valence-corrected chi connectivity index (χ1v) is 32.0. The molecule has 0 aliphatic carbocycles. The number of carbonyl (C=O) groups is 5. The Balaban J connectivity index is -0.000000167. The number of para-hydroxylation sites is 1. The van der Waals surface area contributed by atoms with E-state index in [9.17, 15) is 28.5 Å². The van der Waals surface area contributed by atoms with E-state index in [0.29, 0.717) is 59.5 Å². The summed E-state index contributed by atoms with van der Waals surface area (Å²) in [5.74, 6) is -1.91. The van der Waals surface area contributed by atoms with Gasteiger partial charge in [-0.1, -0.05) is 89.7 Å². The van der Waals surface area contributed by atoms with Gasteiger partial charge in [0.2, 0.25) is 0 Å². The normalized spacial score (nSPS) is 10.3. The van der Waals surface area contributed by atoms with Crippen molar-refractivity contribution in [1.29, 1.82) is 10.5 Å². The average molecular weight is 1620 g/mol. The molecule has 5 atom stereocenters. The van der Waals surface area contributed by atoms with Crippen molar-refractivity contribution >= 4 is 89.5 Å². The summed E-state index contributed by atoms with van der Waals surface area (Å²) in [6, 6.07) is 26.0. The minimum atomic E-state index is -2.07. The van der Waals surface area contributed by atoms with Gasteiger partial charge in [0, 0.05) is 68.0 Å². The fourth-order valence-corrected chi connectivity index (χ4v) is 6.46. The quantitative estimate of drug-likeness (QED) is 0.0171. The standard InChI is InChI=1S/C12H16O4P.C8H12N2O3.C8H11NO3.C6H6N2O.C6H7NO3.C6H7NO2.C5H4N2O.C4H4BrNO.C4H5NO2.C3H7.C2H7NO.CH4.3ClH.Li.Mg/c1-12(2,3)15-11(13)9-17(14)16-10-7-5-4-6-8-10;1-6(7-4-5-13-9-7)8(11)10(2)12-3;1-3-11-8(10)6(2)7-4-5-12-9-7;1-5(4-7)6-2-3-9-8-6;1-2-9-6(8)5-3-4-10-7-5;1-5(4-8)6-2-3-9-7-6;6-3-1-5-2-4-8-7-5;5-3-4-1-2-7-6-4;6-3-4-1-2-7-5-4;1-3-2;1-3-4-2;;;;;;/h4-8H,9H2,1-3H3;4-6H,1-3H3;4-6H,3H2,1-2H3;2-3,5H,1H3;3-4H,2H2,1H3;2-5H,1H3;2,4H,1H2;1-2H,3H2;1-2,6H,3H2;3H,1-2H3;3H,1-2H3;1H4;3*1H;;/q+1;;;;;;;;;-1;;;;;;+1;+2/p-2. The number of nitrogens with one attached hydrogen (secondary N) is 1. The number of aliphatic hydroxyl groups is 1. The maximum absolute atomic E-state index is 11.5. The number of carbonyl (C=O) groups excluding carboxylic acids is 5. The van der Waals surface area contributed by atoms with E-state index in [1.54, 1.807) is 150 Å². The second-order valence-electron chi connectivity index (χ2n) is 19.4. The zero-order valence-electron chi connectivity index (χ0n) is 60.6. The molecule has 0 saturated heterocycles. The van der Waals surface area contributed by atoms with Gasteiger partial charge in [0.15, 0.2) is 11.4 Å². The Kier molecular flexibility index (Phi) is 78.2. The van der Waals surface area contributed by atoms with Crippen LogP contribution >= 0.6 is 36.4 Å². The summed E-state index contributed by atoms with van der Waals surface area (Å²) in [4.78, 5) is 63.9. The number of halogens is 4. The molecule has 40 heteroatoms. The number of nitrogens with zero attached hydrogens (tertiary/aromatic N) is 11. The van der Waals surface area contributed by atoms with Crippen LogP contribution in [0, 0.1) is 29.1 Å². The second-order valence-corrected chi connectivity index (χ2v) is 21.1. The number of hydrogen-bond acceptors (Lipinski definition) is 32. The largest absolute Gasteiger partial charge is 2.00 e. The minimum Gasteiger partial charge on any atom is -1.00 e. The number of amides is 1. The third-order valence-electron chi connectivity index (χ3n) is 10.4. The molecule has 0 aliphatic rings. The van der Waals surface area contributed by atoms with E-state index in [1.165, 1.54) is 62.1 Å². The molecule has 0 spiro atoms. The van der Waals surface area contributed by atoms with Crippen molar-refractivity contribution in [3.63, 3.8) is 0 Å². The number of esters is 3. The van der Waals surface area contributed by atoms with Crippen LogP contribution in [0.4, 0.5) is 0 Å². The first-order chi connectivity index (χ1) is 47.4. The van der Waals surface area contributed by atoms with Crippen molar-refractivity contribution in [1.82, 2.24) is 51.8 Å². The number of aliphatic hydroxyl groups excluding tert-OH is 1. The number of aromatic nitrogens is 8. The molecule has 0 aliphatic heterocycles. The number of benzene rings is 1. The molecule has 8 aromatic heterocycles. The SMILES string of the molecule is BrCc1ccon1.C.CC(C#N)c1ccon1.CC(C)(C)OC(=O)C[P+](=O)Oc1ccccc1.CC(C=O)c1ccon1.CCOC(=O)C(C)c1ccon1.CCOC(=O)c1ccon1.CNOC.CON(C)C(=O)C(C)c1ccon1.C[CH-]C.Cl.N#CCc1ccon1.OCc1ccon1.[Cl-].[Cl-].[Li+].[Mg+2]. The molecule has 0 saturated carbocycles. The smallest absolute Gasteiger partial charge is 1.00 e. The van der Waals surface area contributed by atoms with Crippen LogP contribution in [0.5, 0.6) is 5.75 Å². The molecule has 2 N–H and O–H groups in total. The number of nitriles is 2. The predicted molar refractivity (Wildman–Crippen MR) is 374 cm³/mol. The van der Waals surface area contributed by atoms with Crippen LogP contribution in [0.25, 0.3) is 0 Å². The summed E-state index contributed by atoms with van der Waals surface area (Å²) in [6.07, 6.45) is 14.5. The first-order valence-electron chi connectivity index (χ1n) is 29.5. The molecule has 9 aromatic rings. The fourth-order valence-electron chi connectivity index (χ4n) is 5.47. The van der Waals surface area contributed by atoms with Gasteiger partial charge in [-0.05, 0) is 72.1 Å². The molecule has 9 rings (SSSR count). The Morgan fingerprint density at radius 2 is 1.10 bits per heavy atom. The first kappa shape index (κ1) is 113. The van der Waals surface area contributed by atoms with Crippen molar-refractivity contribution in [2.45, 2.75) is 131 Å². The number of likely N-dealkylation sites (N-methyl/N-ethyl adjacent to an activating group) is 1. The van der Waals surface area contributed by atoms with Crippen LogP contribution in [0.15, 0.2) is 165 Å². The molecule has 5 unspecified atom stereocenters. The average Bonchev–Trinajstić information content (AvgIpc) is 1.79. The molecule has 8 heterocycles. The van der Waals surface area contributed by atoms with Crippen LogP contribution in [-0.4, -0.2) is 158 Å². The van der Waals surface area contributed by atoms with Crippen molar-refractivity contribution < 1.29 is 142 Å². The third-order valence-corrected chi connectivity index (χ3v) is 11.9. The Morgan fingerprint density at radius 3 is 1.45 bits per heavy atom. The summed E-state index contributed by atoms with van der Waals surface area (Å²) in [5, 5.41) is 55.1. The zero-order valence-corrected chi connectivity index (χ0v) is 66.8. The van der Waals surface area contributed by atoms with Gasteiger partial charge in [-0.3, -0.25) is 19.0 Å². The van der Waals surface area contributed by atoms with Gasteiger partial charge >= 0.3 is 67.8 Å². The molecule has 33 nitrogen and oxygen atoms in total. The van der Waals surface area contributed by atoms with Crippen LogP contribution in [0.3, 0.4) is 0 Å². The number of alkyl halides is 1. The molecule has 0 radical (unpaired) electrons. The summed E-state index contributed by atoms with van der Waals surface area (Å²) in [6.45, 7) is 20.5. The number of hydrogen-bond donors (Lipinski definition) is 2. The van der Waals surface area contributed by atoms with Crippen molar-refractivity contribution in [2.24, 2.45) is 0 Å².